The minimum absolute atomic E-state index is 0.139. The predicted molar refractivity (Wildman–Crippen MR) is 85.1 cm³/mol. The Kier molecular flexibility index (Phi) is 3.64. The fourth-order valence-corrected chi connectivity index (χ4v) is 3.62. The second-order valence-corrected chi connectivity index (χ2v) is 5.79. The lowest BCUT2D eigenvalue weighted by atomic mass is 9.70. The molecule has 23 heavy (non-hydrogen) atoms. The number of carboxylic acid groups (broad SMARTS) is 1. The van der Waals surface area contributed by atoms with Gasteiger partial charge in [-0.3, -0.25) is 14.6 Å². The second kappa shape index (κ2) is 5.50. The van der Waals surface area contributed by atoms with Crippen molar-refractivity contribution in [3.05, 3.63) is 65.5 Å². The summed E-state index contributed by atoms with van der Waals surface area (Å²) in [5.74, 6) is -1.92. The van der Waals surface area contributed by atoms with Gasteiger partial charge in [-0.2, -0.15) is 0 Å². The first-order valence-corrected chi connectivity index (χ1v) is 7.56. The number of benzene rings is 1. The molecule has 0 saturated heterocycles. The zero-order chi connectivity index (χ0) is 16.6. The van der Waals surface area contributed by atoms with Gasteiger partial charge in [-0.25, -0.2) is 0 Å². The van der Waals surface area contributed by atoms with Gasteiger partial charge in [-0.1, -0.05) is 18.2 Å². The van der Waals surface area contributed by atoms with Crippen LogP contribution in [-0.2, 0) is 10.3 Å². The van der Waals surface area contributed by atoms with Crippen LogP contribution in [-0.4, -0.2) is 33.4 Å². The van der Waals surface area contributed by atoms with E-state index in [0.29, 0.717) is 17.7 Å². The van der Waals surface area contributed by atoms with Crippen molar-refractivity contribution in [1.29, 1.82) is 0 Å². The van der Waals surface area contributed by atoms with E-state index in [1.54, 1.807) is 53.7 Å². The Balaban J connectivity index is 2.32. The number of fused-ring (bicyclic) bond motifs is 1. The van der Waals surface area contributed by atoms with Gasteiger partial charge in [0.2, 0.25) is 0 Å². The molecule has 118 valence electrons. The summed E-state index contributed by atoms with van der Waals surface area (Å²) in [5.41, 5.74) is 0.835. The fraction of sp³-hybridized carbons (Fsp3) is 0.278. The number of carbonyl (C=O) groups is 2. The maximum Gasteiger partial charge on any atom is 0.313 e. The highest BCUT2D eigenvalue weighted by atomic mass is 16.4. The average molecular weight is 310 g/mol. The van der Waals surface area contributed by atoms with Crippen molar-refractivity contribution in [2.24, 2.45) is 0 Å². The zero-order valence-electron chi connectivity index (χ0n) is 13.1. The van der Waals surface area contributed by atoms with Crippen molar-refractivity contribution >= 4 is 11.9 Å². The molecule has 0 aliphatic carbocycles. The molecule has 1 N–H and O–H groups in total. The molecule has 5 nitrogen and oxygen atoms in total. The molecule has 0 fully saturated rings. The van der Waals surface area contributed by atoms with E-state index in [-0.39, 0.29) is 5.91 Å². The molecule has 2 aromatic rings. The molecule has 1 aromatic carbocycles. The van der Waals surface area contributed by atoms with E-state index in [4.69, 9.17) is 0 Å². The summed E-state index contributed by atoms with van der Waals surface area (Å²) >= 11 is 0. The number of pyridine rings is 1. The van der Waals surface area contributed by atoms with Gasteiger partial charge in [-0.05, 0) is 43.2 Å². The fourth-order valence-electron chi connectivity index (χ4n) is 3.62. The molecule has 5 heteroatoms. The van der Waals surface area contributed by atoms with Gasteiger partial charge in [0, 0.05) is 24.5 Å². The number of carboxylic acids is 1. The molecule has 3 rings (SSSR count). The molecule has 0 bridgehead atoms. The highest BCUT2D eigenvalue weighted by Gasteiger charge is 2.52. The Hall–Kier alpha value is -2.69. The van der Waals surface area contributed by atoms with Crippen LogP contribution in [0.25, 0.3) is 0 Å². The monoisotopic (exact) mass is 310 g/mol. The Morgan fingerprint density at radius 3 is 2.52 bits per heavy atom. The van der Waals surface area contributed by atoms with Crippen molar-refractivity contribution in [3.8, 4) is 0 Å². The van der Waals surface area contributed by atoms with Gasteiger partial charge in [0.15, 0.2) is 0 Å². The Bertz CT molecular complexity index is 760. The van der Waals surface area contributed by atoms with Crippen molar-refractivity contribution in [1.82, 2.24) is 9.88 Å². The lowest BCUT2D eigenvalue weighted by Crippen LogP contribution is -2.56. The summed E-state index contributed by atoms with van der Waals surface area (Å²) in [7, 11) is 0. The molecule has 1 aliphatic rings. The standard InChI is InChI=1S/C18H18N2O3/c1-3-20-16(21)14-7-5-4-6-13(14)15(17(22)23)18(20,2)12-8-10-19-11-9-12/h4-11,15H,3H2,1-2H3,(H,22,23). The average Bonchev–Trinajstić information content (AvgIpc) is 2.56. The van der Waals surface area contributed by atoms with E-state index >= 15 is 0 Å². The number of rotatable bonds is 3. The van der Waals surface area contributed by atoms with Gasteiger partial charge >= 0.3 is 5.97 Å². The summed E-state index contributed by atoms with van der Waals surface area (Å²) in [6.45, 7) is 4.11. The summed E-state index contributed by atoms with van der Waals surface area (Å²) in [4.78, 5) is 30.7. The molecule has 1 aliphatic heterocycles. The van der Waals surface area contributed by atoms with Crippen LogP contribution in [0, 0.1) is 0 Å². The van der Waals surface area contributed by atoms with Crippen LogP contribution >= 0.6 is 0 Å². The van der Waals surface area contributed by atoms with Crippen molar-refractivity contribution in [2.75, 3.05) is 6.54 Å². The molecule has 0 radical (unpaired) electrons. The molecule has 2 unspecified atom stereocenters. The molecule has 1 aromatic heterocycles. The molecule has 0 saturated carbocycles. The number of hydrogen-bond donors (Lipinski definition) is 1. The maximum absolute atomic E-state index is 12.9. The van der Waals surface area contributed by atoms with Crippen molar-refractivity contribution in [3.63, 3.8) is 0 Å². The van der Waals surface area contributed by atoms with Crippen LogP contribution in [0.2, 0.25) is 0 Å². The van der Waals surface area contributed by atoms with Crippen LogP contribution < -0.4 is 0 Å². The minimum atomic E-state index is -0.963. The SMILES string of the molecule is CCN1C(=O)c2ccccc2C(C(=O)O)C1(C)c1ccncc1. The molecule has 2 heterocycles. The minimum Gasteiger partial charge on any atom is -0.481 e. The molecular weight excluding hydrogens is 292 g/mol. The first-order valence-electron chi connectivity index (χ1n) is 7.56. The van der Waals surface area contributed by atoms with Gasteiger partial charge < -0.3 is 10.0 Å². The molecule has 0 spiro atoms. The highest BCUT2D eigenvalue weighted by Crippen LogP contribution is 2.47. The maximum atomic E-state index is 12.9. The molecule has 2 atom stereocenters. The number of carbonyl (C=O) groups excluding carboxylic acids is 1. The predicted octanol–water partition coefficient (Wildman–Crippen LogP) is 2.64. The summed E-state index contributed by atoms with van der Waals surface area (Å²) in [5, 5.41) is 9.93. The van der Waals surface area contributed by atoms with Gasteiger partial charge in [0.25, 0.3) is 5.91 Å². The van der Waals surface area contributed by atoms with Crippen LogP contribution in [0.4, 0.5) is 0 Å². The topological polar surface area (TPSA) is 70.5 Å². The number of nitrogens with zero attached hydrogens (tertiary/aromatic N) is 2. The number of hydrogen-bond acceptors (Lipinski definition) is 3. The number of likely N-dealkylation sites (N-methyl/N-ethyl adjacent to an activating group) is 1. The third-order valence-corrected chi connectivity index (χ3v) is 4.70. The Labute approximate surface area is 134 Å². The van der Waals surface area contributed by atoms with E-state index in [0.717, 1.165) is 5.56 Å². The van der Waals surface area contributed by atoms with Crippen LogP contribution in [0.3, 0.4) is 0 Å². The number of aliphatic carboxylic acids is 1. The van der Waals surface area contributed by atoms with Gasteiger partial charge in [0.1, 0.15) is 5.92 Å². The van der Waals surface area contributed by atoms with E-state index in [1.807, 2.05) is 13.8 Å². The van der Waals surface area contributed by atoms with E-state index in [9.17, 15) is 14.7 Å². The smallest absolute Gasteiger partial charge is 0.313 e. The van der Waals surface area contributed by atoms with E-state index < -0.39 is 17.4 Å². The largest absolute Gasteiger partial charge is 0.481 e. The van der Waals surface area contributed by atoms with Crippen LogP contribution in [0.5, 0.6) is 0 Å². The molecular formula is C18H18N2O3. The molecule has 1 amide bonds. The third kappa shape index (κ3) is 2.11. The first-order chi connectivity index (χ1) is 11.0. The third-order valence-electron chi connectivity index (χ3n) is 4.70. The van der Waals surface area contributed by atoms with Gasteiger partial charge in [0.05, 0.1) is 5.54 Å². The normalized spacial score (nSPS) is 23.5. The van der Waals surface area contributed by atoms with Crippen LogP contribution in [0.15, 0.2) is 48.8 Å². The lowest BCUT2D eigenvalue weighted by Gasteiger charge is -2.48. The van der Waals surface area contributed by atoms with E-state index in [2.05, 4.69) is 4.98 Å². The highest BCUT2D eigenvalue weighted by molar-refractivity contribution is 6.01. The summed E-state index contributed by atoms with van der Waals surface area (Å²) < 4.78 is 0. The number of aromatic nitrogens is 1. The van der Waals surface area contributed by atoms with Crippen molar-refractivity contribution in [2.45, 2.75) is 25.3 Å². The van der Waals surface area contributed by atoms with Crippen molar-refractivity contribution < 1.29 is 14.7 Å². The zero-order valence-corrected chi connectivity index (χ0v) is 13.1. The first kappa shape index (κ1) is 15.2. The lowest BCUT2D eigenvalue weighted by molar-refractivity contribution is -0.143. The van der Waals surface area contributed by atoms with Crippen LogP contribution in [0.1, 0.15) is 41.3 Å². The number of amides is 1. The second-order valence-electron chi connectivity index (χ2n) is 5.79. The Morgan fingerprint density at radius 1 is 1.26 bits per heavy atom. The van der Waals surface area contributed by atoms with E-state index in [1.165, 1.54) is 0 Å². The summed E-state index contributed by atoms with van der Waals surface area (Å²) in [6, 6.07) is 10.5. The summed E-state index contributed by atoms with van der Waals surface area (Å²) in [6.07, 6.45) is 3.25. The van der Waals surface area contributed by atoms with Gasteiger partial charge in [-0.15, -0.1) is 0 Å². The quantitative estimate of drug-likeness (QED) is 0.946. The Morgan fingerprint density at radius 2 is 1.91 bits per heavy atom.